The van der Waals surface area contributed by atoms with Gasteiger partial charge in [0, 0.05) is 18.0 Å². The maximum Gasteiger partial charge on any atom is 0.234 e. The van der Waals surface area contributed by atoms with Gasteiger partial charge in [-0.15, -0.1) is 0 Å². The number of nitriles is 1. The topological polar surface area (TPSA) is 91.2 Å². The summed E-state index contributed by atoms with van der Waals surface area (Å²) in [6.07, 6.45) is 0.154. The molecule has 0 saturated carbocycles. The monoisotopic (exact) mass is 411 g/mol. The molecule has 1 heterocycles. The SMILES string of the molecule is COc1ccc([C@H]2CC(=O)NC(SCC(=O)Nc3ccc(F)cc3)=C2C#N)cc1. The van der Waals surface area contributed by atoms with Crippen molar-refractivity contribution in [1.29, 1.82) is 5.26 Å². The molecule has 3 rings (SSSR count). The molecule has 2 aromatic rings. The summed E-state index contributed by atoms with van der Waals surface area (Å²) >= 11 is 1.08. The molecule has 0 saturated heterocycles. The fourth-order valence-electron chi connectivity index (χ4n) is 2.92. The predicted octanol–water partition coefficient (Wildman–Crippen LogP) is 3.54. The summed E-state index contributed by atoms with van der Waals surface area (Å²) < 4.78 is 18.1. The van der Waals surface area contributed by atoms with Gasteiger partial charge in [0.05, 0.1) is 29.5 Å². The molecule has 29 heavy (non-hydrogen) atoms. The smallest absolute Gasteiger partial charge is 0.234 e. The molecule has 148 valence electrons. The molecule has 1 aliphatic rings. The Labute approximate surface area is 171 Å². The van der Waals surface area contributed by atoms with Gasteiger partial charge in [-0.3, -0.25) is 9.59 Å². The molecule has 2 aromatic carbocycles. The highest BCUT2D eigenvalue weighted by Crippen LogP contribution is 2.36. The van der Waals surface area contributed by atoms with Crippen molar-refractivity contribution < 1.29 is 18.7 Å². The van der Waals surface area contributed by atoms with E-state index in [4.69, 9.17) is 4.74 Å². The number of nitrogens with zero attached hydrogens (tertiary/aromatic N) is 1. The van der Waals surface area contributed by atoms with Crippen LogP contribution in [0.3, 0.4) is 0 Å². The minimum atomic E-state index is -0.393. The largest absolute Gasteiger partial charge is 0.497 e. The number of hydrogen-bond donors (Lipinski definition) is 2. The number of benzene rings is 2. The van der Waals surface area contributed by atoms with Crippen molar-refractivity contribution in [2.24, 2.45) is 0 Å². The second kappa shape index (κ2) is 9.26. The van der Waals surface area contributed by atoms with Gasteiger partial charge in [0.2, 0.25) is 11.8 Å². The summed E-state index contributed by atoms with van der Waals surface area (Å²) in [6, 6.07) is 14.8. The maximum atomic E-state index is 13.0. The number of carbonyl (C=O) groups excluding carboxylic acids is 2. The molecule has 1 aliphatic heterocycles. The van der Waals surface area contributed by atoms with E-state index in [-0.39, 0.29) is 29.9 Å². The standard InChI is InChI=1S/C21H18FN3O3S/c1-28-16-8-2-13(3-9-16)17-10-19(26)25-21(18(17)11-23)29-12-20(27)24-15-6-4-14(22)5-7-15/h2-9,17H,10,12H2,1H3,(H,24,27)(H,25,26)/t17-/m1/s1. The van der Waals surface area contributed by atoms with Gasteiger partial charge in [-0.2, -0.15) is 5.26 Å². The van der Waals surface area contributed by atoms with Crippen LogP contribution in [0.15, 0.2) is 59.1 Å². The van der Waals surface area contributed by atoms with Crippen LogP contribution in [0.2, 0.25) is 0 Å². The third-order valence-electron chi connectivity index (χ3n) is 4.35. The van der Waals surface area contributed by atoms with Gasteiger partial charge in [-0.1, -0.05) is 23.9 Å². The summed E-state index contributed by atoms with van der Waals surface area (Å²) in [5.74, 6) is -0.645. The highest BCUT2D eigenvalue weighted by Gasteiger charge is 2.29. The molecule has 0 unspecified atom stereocenters. The van der Waals surface area contributed by atoms with Crippen molar-refractivity contribution in [3.8, 4) is 11.8 Å². The Bertz CT molecular complexity index is 982. The van der Waals surface area contributed by atoms with Gasteiger partial charge < -0.3 is 15.4 Å². The Balaban J connectivity index is 1.73. The molecule has 0 bridgehead atoms. The molecule has 6 nitrogen and oxygen atoms in total. The molecule has 0 spiro atoms. The van der Waals surface area contributed by atoms with Gasteiger partial charge in [-0.25, -0.2) is 4.39 Å². The van der Waals surface area contributed by atoms with Crippen molar-refractivity contribution in [2.75, 3.05) is 18.2 Å². The number of ether oxygens (including phenoxy) is 1. The number of anilines is 1. The van der Waals surface area contributed by atoms with Crippen LogP contribution in [0, 0.1) is 17.1 Å². The highest BCUT2D eigenvalue weighted by molar-refractivity contribution is 8.03. The van der Waals surface area contributed by atoms with Crippen molar-refractivity contribution in [3.05, 3.63) is 70.5 Å². The van der Waals surface area contributed by atoms with E-state index in [1.54, 1.807) is 19.2 Å². The van der Waals surface area contributed by atoms with Crippen LogP contribution < -0.4 is 15.4 Å². The lowest BCUT2D eigenvalue weighted by Crippen LogP contribution is -2.31. The third kappa shape index (κ3) is 5.15. The van der Waals surface area contributed by atoms with Crippen LogP contribution >= 0.6 is 11.8 Å². The van der Waals surface area contributed by atoms with Gasteiger partial charge in [0.15, 0.2) is 0 Å². The number of thioether (sulfide) groups is 1. The molecular formula is C21H18FN3O3S. The van der Waals surface area contributed by atoms with Crippen LogP contribution in [-0.4, -0.2) is 24.7 Å². The van der Waals surface area contributed by atoms with Crippen molar-refractivity contribution in [1.82, 2.24) is 5.32 Å². The van der Waals surface area contributed by atoms with Crippen molar-refractivity contribution in [2.45, 2.75) is 12.3 Å². The number of hydrogen-bond acceptors (Lipinski definition) is 5. The zero-order chi connectivity index (χ0) is 20.8. The molecular weight excluding hydrogens is 393 g/mol. The first-order valence-corrected chi connectivity index (χ1v) is 9.75. The number of carbonyl (C=O) groups is 2. The van der Waals surface area contributed by atoms with Crippen LogP contribution in [0.1, 0.15) is 17.9 Å². The van der Waals surface area contributed by atoms with Gasteiger partial charge in [0.1, 0.15) is 11.6 Å². The Morgan fingerprint density at radius 2 is 1.97 bits per heavy atom. The van der Waals surface area contributed by atoms with Crippen molar-refractivity contribution in [3.63, 3.8) is 0 Å². The average Bonchev–Trinajstić information content (AvgIpc) is 2.73. The van der Waals surface area contributed by atoms with E-state index in [2.05, 4.69) is 16.7 Å². The normalized spacial score (nSPS) is 16.0. The lowest BCUT2D eigenvalue weighted by Gasteiger charge is -2.25. The number of rotatable bonds is 6. The van der Waals surface area contributed by atoms with E-state index in [1.165, 1.54) is 24.3 Å². The van der Waals surface area contributed by atoms with Crippen molar-refractivity contribution >= 4 is 29.3 Å². The lowest BCUT2D eigenvalue weighted by molar-refractivity contribution is -0.121. The average molecular weight is 411 g/mol. The molecule has 1 atom stereocenters. The molecule has 0 fully saturated rings. The molecule has 0 radical (unpaired) electrons. The fraction of sp³-hybridized carbons (Fsp3) is 0.190. The van der Waals surface area contributed by atoms with Gasteiger partial charge in [-0.05, 0) is 42.0 Å². The minimum absolute atomic E-state index is 0.00645. The first-order valence-electron chi connectivity index (χ1n) is 8.76. The van der Waals surface area contributed by atoms with E-state index in [0.29, 0.717) is 22.0 Å². The van der Waals surface area contributed by atoms with Gasteiger partial charge >= 0.3 is 0 Å². The summed E-state index contributed by atoms with van der Waals surface area (Å²) in [5.41, 5.74) is 1.70. The lowest BCUT2D eigenvalue weighted by atomic mass is 9.87. The van der Waals surface area contributed by atoms with E-state index >= 15 is 0 Å². The summed E-state index contributed by atoms with van der Waals surface area (Å²) in [7, 11) is 1.56. The van der Waals surface area contributed by atoms with E-state index in [9.17, 15) is 19.2 Å². The zero-order valence-electron chi connectivity index (χ0n) is 15.6. The summed E-state index contributed by atoms with van der Waals surface area (Å²) in [4.78, 5) is 24.4. The van der Waals surface area contributed by atoms with E-state index in [1.807, 2.05) is 12.1 Å². The molecule has 0 aromatic heterocycles. The molecule has 0 aliphatic carbocycles. The minimum Gasteiger partial charge on any atom is -0.497 e. The second-order valence-electron chi connectivity index (χ2n) is 6.28. The predicted molar refractivity (Wildman–Crippen MR) is 109 cm³/mol. The number of halogens is 1. The summed E-state index contributed by atoms with van der Waals surface area (Å²) in [6.45, 7) is 0. The first kappa shape index (κ1) is 20.4. The molecule has 2 amide bonds. The third-order valence-corrected chi connectivity index (χ3v) is 5.37. The quantitative estimate of drug-likeness (QED) is 0.759. The Hall–Kier alpha value is -3.31. The second-order valence-corrected chi connectivity index (χ2v) is 7.26. The van der Waals surface area contributed by atoms with Gasteiger partial charge in [0.25, 0.3) is 0 Å². The van der Waals surface area contributed by atoms with Crippen LogP contribution in [0.25, 0.3) is 0 Å². The fourth-order valence-corrected chi connectivity index (χ4v) is 3.80. The number of allylic oxidation sites excluding steroid dienone is 1. The van der Waals surface area contributed by atoms with Crippen LogP contribution in [0.4, 0.5) is 10.1 Å². The summed E-state index contributed by atoms with van der Waals surface area (Å²) in [5, 5.41) is 15.4. The number of nitrogens with one attached hydrogen (secondary N) is 2. The zero-order valence-corrected chi connectivity index (χ0v) is 16.4. The van der Waals surface area contributed by atoms with E-state index < -0.39 is 5.82 Å². The Kier molecular flexibility index (Phi) is 6.52. The molecule has 2 N–H and O–H groups in total. The number of amides is 2. The first-order chi connectivity index (χ1) is 14.0. The van der Waals surface area contributed by atoms with Crippen LogP contribution in [0.5, 0.6) is 5.75 Å². The Morgan fingerprint density at radius 3 is 2.59 bits per heavy atom. The maximum absolute atomic E-state index is 13.0. The van der Waals surface area contributed by atoms with Crippen LogP contribution in [-0.2, 0) is 9.59 Å². The molecule has 8 heteroatoms. The number of methoxy groups -OCH3 is 1. The Morgan fingerprint density at radius 1 is 1.28 bits per heavy atom. The highest BCUT2D eigenvalue weighted by atomic mass is 32.2. The van der Waals surface area contributed by atoms with E-state index in [0.717, 1.165) is 17.3 Å².